The lowest BCUT2D eigenvalue weighted by Crippen LogP contribution is -2.44. The molecule has 1 aliphatic rings. The fourth-order valence-electron chi connectivity index (χ4n) is 3.39. The molecule has 1 aliphatic heterocycles. The maximum absolute atomic E-state index is 10.5. The summed E-state index contributed by atoms with van der Waals surface area (Å²) in [5, 5.41) is 11.3. The van der Waals surface area contributed by atoms with Crippen molar-refractivity contribution in [2.24, 2.45) is 0 Å². The SMILES string of the molecule is CCC1(O)CCN(c2ncnc3c(OC)c(OC)c(OC)cc23)CC1. The fraction of sp³-hybridized carbons (Fsp3) is 0.556. The molecule has 25 heavy (non-hydrogen) atoms. The van der Waals surface area contributed by atoms with Crippen LogP contribution in [0.3, 0.4) is 0 Å². The summed E-state index contributed by atoms with van der Waals surface area (Å²) in [7, 11) is 4.75. The van der Waals surface area contributed by atoms with E-state index in [1.165, 1.54) is 6.33 Å². The molecule has 2 heterocycles. The third-order valence-corrected chi connectivity index (χ3v) is 5.06. The van der Waals surface area contributed by atoms with Gasteiger partial charge in [0.25, 0.3) is 0 Å². The number of piperidine rings is 1. The molecule has 1 fully saturated rings. The molecule has 0 saturated carbocycles. The second-order valence-corrected chi connectivity index (χ2v) is 6.30. The standard InChI is InChI=1S/C18H25N3O4/c1-5-18(22)6-8-21(9-7-18)17-12-10-13(23-2)15(24-3)16(25-4)14(12)19-11-20-17/h10-11,22H,5-9H2,1-4H3. The largest absolute Gasteiger partial charge is 0.493 e. The maximum Gasteiger partial charge on any atom is 0.205 e. The lowest BCUT2D eigenvalue weighted by molar-refractivity contribution is 0.0125. The first-order chi connectivity index (χ1) is 12.1. The van der Waals surface area contributed by atoms with Crippen molar-refractivity contribution in [3.05, 3.63) is 12.4 Å². The number of ether oxygens (including phenoxy) is 3. The zero-order chi connectivity index (χ0) is 18.0. The number of hydrogen-bond acceptors (Lipinski definition) is 7. The molecule has 1 aromatic heterocycles. The van der Waals surface area contributed by atoms with Gasteiger partial charge in [-0.2, -0.15) is 0 Å². The predicted octanol–water partition coefficient (Wildman–Crippen LogP) is 2.40. The Morgan fingerprint density at radius 1 is 1.08 bits per heavy atom. The smallest absolute Gasteiger partial charge is 0.205 e. The van der Waals surface area contributed by atoms with Gasteiger partial charge in [0.1, 0.15) is 17.7 Å². The van der Waals surface area contributed by atoms with E-state index in [1.807, 2.05) is 13.0 Å². The zero-order valence-electron chi connectivity index (χ0n) is 15.2. The van der Waals surface area contributed by atoms with Crippen molar-refractivity contribution < 1.29 is 19.3 Å². The Hall–Kier alpha value is -2.28. The van der Waals surface area contributed by atoms with Crippen LogP contribution < -0.4 is 19.1 Å². The van der Waals surface area contributed by atoms with Crippen LogP contribution in [0.25, 0.3) is 10.9 Å². The molecule has 0 atom stereocenters. The number of aliphatic hydroxyl groups is 1. The van der Waals surface area contributed by atoms with E-state index < -0.39 is 5.60 Å². The minimum atomic E-state index is -0.571. The van der Waals surface area contributed by atoms with Crippen LogP contribution >= 0.6 is 0 Å². The number of aromatic nitrogens is 2. The maximum atomic E-state index is 10.5. The molecular weight excluding hydrogens is 322 g/mol. The van der Waals surface area contributed by atoms with Gasteiger partial charge in [-0.25, -0.2) is 9.97 Å². The molecule has 0 radical (unpaired) electrons. The summed E-state index contributed by atoms with van der Waals surface area (Å²) in [6.07, 6.45) is 3.75. The Morgan fingerprint density at radius 2 is 1.76 bits per heavy atom. The highest BCUT2D eigenvalue weighted by molar-refractivity contribution is 5.97. The highest BCUT2D eigenvalue weighted by Crippen LogP contribution is 2.44. The second kappa shape index (κ2) is 6.92. The van der Waals surface area contributed by atoms with Gasteiger partial charge in [0.05, 0.1) is 32.3 Å². The van der Waals surface area contributed by atoms with Crippen molar-refractivity contribution in [1.82, 2.24) is 9.97 Å². The molecule has 1 aromatic carbocycles. The van der Waals surface area contributed by atoms with Crippen LogP contribution in [0.5, 0.6) is 17.2 Å². The molecule has 0 aliphatic carbocycles. The van der Waals surface area contributed by atoms with Gasteiger partial charge in [-0.3, -0.25) is 0 Å². The summed E-state index contributed by atoms with van der Waals surface area (Å²) in [6, 6.07) is 1.88. The van der Waals surface area contributed by atoms with E-state index in [-0.39, 0.29) is 0 Å². The van der Waals surface area contributed by atoms with Crippen LogP contribution in [0.1, 0.15) is 26.2 Å². The van der Waals surface area contributed by atoms with Crippen molar-refractivity contribution in [3.63, 3.8) is 0 Å². The van der Waals surface area contributed by atoms with Gasteiger partial charge in [0, 0.05) is 13.1 Å². The number of rotatable bonds is 5. The van der Waals surface area contributed by atoms with Crippen LogP contribution in [0.4, 0.5) is 5.82 Å². The Kier molecular flexibility index (Phi) is 4.85. The zero-order valence-corrected chi connectivity index (χ0v) is 15.2. The van der Waals surface area contributed by atoms with Crippen molar-refractivity contribution >= 4 is 16.7 Å². The first-order valence-electron chi connectivity index (χ1n) is 8.48. The van der Waals surface area contributed by atoms with Crippen molar-refractivity contribution in [3.8, 4) is 17.2 Å². The third-order valence-electron chi connectivity index (χ3n) is 5.06. The normalized spacial score (nSPS) is 16.8. The van der Waals surface area contributed by atoms with Crippen molar-refractivity contribution in [2.45, 2.75) is 31.8 Å². The number of hydrogen-bond donors (Lipinski definition) is 1. The summed E-state index contributed by atoms with van der Waals surface area (Å²) < 4.78 is 16.4. The van der Waals surface area contributed by atoms with Crippen molar-refractivity contribution in [2.75, 3.05) is 39.3 Å². The molecule has 136 valence electrons. The Labute approximate surface area is 147 Å². The van der Waals surface area contributed by atoms with E-state index in [0.717, 1.165) is 43.6 Å². The highest BCUT2D eigenvalue weighted by Gasteiger charge is 2.32. The van der Waals surface area contributed by atoms with Crippen LogP contribution in [0, 0.1) is 0 Å². The average molecular weight is 347 g/mol. The molecule has 0 amide bonds. The quantitative estimate of drug-likeness (QED) is 0.890. The topological polar surface area (TPSA) is 76.9 Å². The predicted molar refractivity (Wildman–Crippen MR) is 95.9 cm³/mol. The lowest BCUT2D eigenvalue weighted by Gasteiger charge is -2.38. The molecule has 0 unspecified atom stereocenters. The van der Waals surface area contributed by atoms with E-state index in [4.69, 9.17) is 14.2 Å². The number of methoxy groups -OCH3 is 3. The van der Waals surface area contributed by atoms with E-state index >= 15 is 0 Å². The Bertz CT molecular complexity index is 758. The number of anilines is 1. The highest BCUT2D eigenvalue weighted by atomic mass is 16.5. The molecule has 7 heteroatoms. The van der Waals surface area contributed by atoms with Gasteiger partial charge in [-0.1, -0.05) is 6.92 Å². The fourth-order valence-corrected chi connectivity index (χ4v) is 3.39. The molecule has 7 nitrogen and oxygen atoms in total. The monoisotopic (exact) mass is 347 g/mol. The second-order valence-electron chi connectivity index (χ2n) is 6.30. The van der Waals surface area contributed by atoms with Gasteiger partial charge >= 0.3 is 0 Å². The minimum absolute atomic E-state index is 0.515. The summed E-state index contributed by atoms with van der Waals surface area (Å²) in [5.41, 5.74) is 0.110. The van der Waals surface area contributed by atoms with Crippen LogP contribution in [0.2, 0.25) is 0 Å². The molecule has 0 spiro atoms. The average Bonchev–Trinajstić information content (AvgIpc) is 2.66. The molecule has 0 bridgehead atoms. The number of benzene rings is 1. The van der Waals surface area contributed by atoms with Gasteiger partial charge in [-0.05, 0) is 25.3 Å². The molecule has 2 aromatic rings. The molecule has 1 N–H and O–H groups in total. The number of nitrogens with zero attached hydrogens (tertiary/aromatic N) is 3. The van der Waals surface area contributed by atoms with Crippen LogP contribution in [-0.2, 0) is 0 Å². The van der Waals surface area contributed by atoms with E-state index in [2.05, 4.69) is 14.9 Å². The summed E-state index contributed by atoms with van der Waals surface area (Å²) in [5.74, 6) is 2.44. The summed E-state index contributed by atoms with van der Waals surface area (Å²) in [4.78, 5) is 11.1. The van der Waals surface area contributed by atoms with Gasteiger partial charge in [0.15, 0.2) is 11.5 Å². The molecular formula is C18H25N3O4. The molecule has 3 rings (SSSR count). The first-order valence-corrected chi connectivity index (χ1v) is 8.48. The lowest BCUT2D eigenvalue weighted by atomic mass is 9.89. The van der Waals surface area contributed by atoms with E-state index in [0.29, 0.717) is 22.8 Å². The Morgan fingerprint density at radius 3 is 2.32 bits per heavy atom. The summed E-state index contributed by atoms with van der Waals surface area (Å²) >= 11 is 0. The van der Waals surface area contributed by atoms with Gasteiger partial charge in [-0.15, -0.1) is 0 Å². The minimum Gasteiger partial charge on any atom is -0.493 e. The van der Waals surface area contributed by atoms with E-state index in [9.17, 15) is 5.11 Å². The van der Waals surface area contributed by atoms with Crippen molar-refractivity contribution in [1.29, 1.82) is 0 Å². The van der Waals surface area contributed by atoms with Gasteiger partial charge in [0.2, 0.25) is 5.75 Å². The first kappa shape index (κ1) is 17.5. The third kappa shape index (κ3) is 3.04. The molecule has 1 saturated heterocycles. The van der Waals surface area contributed by atoms with E-state index in [1.54, 1.807) is 21.3 Å². The summed E-state index contributed by atoms with van der Waals surface area (Å²) in [6.45, 7) is 3.51. The van der Waals surface area contributed by atoms with Crippen LogP contribution in [-0.4, -0.2) is 55.1 Å². The number of fused-ring (bicyclic) bond motifs is 1. The van der Waals surface area contributed by atoms with Crippen LogP contribution in [0.15, 0.2) is 12.4 Å². The Balaban J connectivity index is 2.08. The van der Waals surface area contributed by atoms with Gasteiger partial charge < -0.3 is 24.2 Å².